The SMILES string of the molecule is N#Cc1cnccc1-c1cccc(-c2ccccc2-n2c3ccccc3c3ccccc32)c1. The zero-order chi connectivity index (χ0) is 22.2. The highest BCUT2D eigenvalue weighted by Gasteiger charge is 2.15. The molecule has 2 heterocycles. The van der Waals surface area contributed by atoms with E-state index >= 15 is 0 Å². The van der Waals surface area contributed by atoms with Crippen molar-refractivity contribution in [1.82, 2.24) is 9.55 Å². The van der Waals surface area contributed by atoms with Gasteiger partial charge >= 0.3 is 0 Å². The maximum atomic E-state index is 9.54. The Morgan fingerprint density at radius 2 is 1.27 bits per heavy atom. The smallest absolute Gasteiger partial charge is 0.101 e. The Balaban J connectivity index is 1.61. The molecule has 33 heavy (non-hydrogen) atoms. The highest BCUT2D eigenvalue weighted by Crippen LogP contribution is 2.37. The Morgan fingerprint density at radius 3 is 2.00 bits per heavy atom. The molecule has 0 bridgehead atoms. The Bertz CT molecular complexity index is 1630. The molecule has 3 nitrogen and oxygen atoms in total. The van der Waals surface area contributed by atoms with Gasteiger partial charge in [-0.1, -0.05) is 72.8 Å². The van der Waals surface area contributed by atoms with Crippen LogP contribution >= 0.6 is 0 Å². The second kappa shape index (κ2) is 7.78. The number of aromatic nitrogens is 2. The van der Waals surface area contributed by atoms with Gasteiger partial charge in [-0.2, -0.15) is 5.26 Å². The molecule has 0 fully saturated rings. The van der Waals surface area contributed by atoms with E-state index in [1.807, 2.05) is 12.1 Å². The fraction of sp³-hybridized carbons (Fsp3) is 0. The van der Waals surface area contributed by atoms with E-state index in [1.165, 1.54) is 21.8 Å². The van der Waals surface area contributed by atoms with Crippen molar-refractivity contribution in [2.45, 2.75) is 0 Å². The van der Waals surface area contributed by atoms with Crippen LogP contribution in [0.2, 0.25) is 0 Å². The van der Waals surface area contributed by atoms with E-state index in [-0.39, 0.29) is 0 Å². The van der Waals surface area contributed by atoms with E-state index in [2.05, 4.69) is 107 Å². The Labute approximate surface area is 191 Å². The van der Waals surface area contributed by atoms with Crippen LogP contribution in [0.3, 0.4) is 0 Å². The summed E-state index contributed by atoms with van der Waals surface area (Å²) < 4.78 is 2.35. The molecule has 0 atom stereocenters. The van der Waals surface area contributed by atoms with Gasteiger partial charge in [0, 0.05) is 34.3 Å². The number of benzene rings is 4. The highest BCUT2D eigenvalue weighted by atomic mass is 15.0. The second-order valence-electron chi connectivity index (χ2n) is 8.00. The van der Waals surface area contributed by atoms with Crippen LogP contribution in [0.25, 0.3) is 49.7 Å². The number of pyridine rings is 1. The molecule has 0 spiro atoms. The van der Waals surface area contributed by atoms with Crippen LogP contribution < -0.4 is 0 Å². The first-order valence-corrected chi connectivity index (χ1v) is 10.9. The third-order valence-electron chi connectivity index (χ3n) is 6.15. The molecule has 2 aromatic heterocycles. The van der Waals surface area contributed by atoms with Crippen molar-refractivity contribution >= 4 is 21.8 Å². The lowest BCUT2D eigenvalue weighted by Gasteiger charge is -2.15. The van der Waals surface area contributed by atoms with Gasteiger partial charge in [-0.05, 0) is 41.5 Å². The van der Waals surface area contributed by atoms with E-state index < -0.39 is 0 Å². The molecule has 0 N–H and O–H groups in total. The lowest BCUT2D eigenvalue weighted by Crippen LogP contribution is -1.97. The lowest BCUT2D eigenvalue weighted by molar-refractivity contribution is 1.18. The van der Waals surface area contributed by atoms with E-state index in [9.17, 15) is 5.26 Å². The van der Waals surface area contributed by atoms with Crippen LogP contribution in [0.1, 0.15) is 5.56 Å². The highest BCUT2D eigenvalue weighted by molar-refractivity contribution is 6.09. The summed E-state index contributed by atoms with van der Waals surface area (Å²) in [7, 11) is 0. The minimum Gasteiger partial charge on any atom is -0.309 e. The summed E-state index contributed by atoms with van der Waals surface area (Å²) in [4.78, 5) is 4.10. The number of nitrogens with zero attached hydrogens (tertiary/aromatic N) is 3. The van der Waals surface area contributed by atoms with Crippen LogP contribution in [0, 0.1) is 11.3 Å². The first-order chi connectivity index (χ1) is 16.3. The summed E-state index contributed by atoms with van der Waals surface area (Å²) in [5.41, 5.74) is 8.20. The zero-order valence-corrected chi connectivity index (χ0v) is 17.8. The second-order valence-corrected chi connectivity index (χ2v) is 8.00. The molecule has 0 aliphatic rings. The molecule has 6 aromatic rings. The maximum absolute atomic E-state index is 9.54. The molecule has 0 unspecified atom stereocenters. The van der Waals surface area contributed by atoms with Crippen molar-refractivity contribution in [3.63, 3.8) is 0 Å². The van der Waals surface area contributed by atoms with E-state index in [1.54, 1.807) is 12.4 Å². The van der Waals surface area contributed by atoms with Gasteiger partial charge in [-0.25, -0.2) is 0 Å². The Hall–Kier alpha value is -4.68. The number of fused-ring (bicyclic) bond motifs is 3. The average molecular weight is 422 g/mol. The van der Waals surface area contributed by atoms with Gasteiger partial charge in [0.1, 0.15) is 6.07 Å². The average Bonchev–Trinajstić information content (AvgIpc) is 3.23. The predicted octanol–water partition coefficient (Wildman–Crippen LogP) is 7.38. The third-order valence-corrected chi connectivity index (χ3v) is 6.15. The van der Waals surface area contributed by atoms with Crippen molar-refractivity contribution in [3.05, 3.63) is 121 Å². The van der Waals surface area contributed by atoms with Crippen LogP contribution in [-0.4, -0.2) is 9.55 Å². The molecule has 6 rings (SSSR count). The molecule has 4 aromatic carbocycles. The number of para-hydroxylation sites is 3. The zero-order valence-electron chi connectivity index (χ0n) is 17.8. The summed E-state index contributed by atoms with van der Waals surface area (Å²) in [6, 6.07) is 38.1. The molecule has 0 aliphatic carbocycles. The first kappa shape index (κ1) is 19.0. The topological polar surface area (TPSA) is 41.6 Å². The molecule has 154 valence electrons. The Kier molecular flexibility index (Phi) is 4.49. The number of nitriles is 1. The largest absolute Gasteiger partial charge is 0.309 e. The summed E-state index contributed by atoms with van der Waals surface area (Å²) in [5, 5.41) is 12.0. The summed E-state index contributed by atoms with van der Waals surface area (Å²) in [5.74, 6) is 0. The minimum atomic E-state index is 0.574. The fourth-order valence-electron chi connectivity index (χ4n) is 4.68. The van der Waals surface area contributed by atoms with Crippen LogP contribution in [0.15, 0.2) is 116 Å². The lowest BCUT2D eigenvalue weighted by atomic mass is 9.96. The number of hydrogen-bond donors (Lipinski definition) is 0. The van der Waals surface area contributed by atoms with Gasteiger partial charge in [0.05, 0.1) is 22.3 Å². The van der Waals surface area contributed by atoms with Crippen molar-refractivity contribution in [3.8, 4) is 34.0 Å². The van der Waals surface area contributed by atoms with Crippen molar-refractivity contribution < 1.29 is 0 Å². The minimum absolute atomic E-state index is 0.574. The Morgan fingerprint density at radius 1 is 0.636 bits per heavy atom. The maximum Gasteiger partial charge on any atom is 0.101 e. The van der Waals surface area contributed by atoms with Crippen LogP contribution in [-0.2, 0) is 0 Å². The van der Waals surface area contributed by atoms with Gasteiger partial charge in [-0.15, -0.1) is 0 Å². The number of hydrogen-bond acceptors (Lipinski definition) is 2. The van der Waals surface area contributed by atoms with Crippen molar-refractivity contribution in [1.29, 1.82) is 5.26 Å². The summed E-state index contributed by atoms with van der Waals surface area (Å²) >= 11 is 0. The van der Waals surface area contributed by atoms with Crippen molar-refractivity contribution in [2.75, 3.05) is 0 Å². The van der Waals surface area contributed by atoms with Crippen LogP contribution in [0.5, 0.6) is 0 Å². The normalized spacial score (nSPS) is 11.0. The molecule has 0 saturated heterocycles. The summed E-state index contributed by atoms with van der Waals surface area (Å²) in [6.07, 6.45) is 3.35. The van der Waals surface area contributed by atoms with Gasteiger partial charge in [0.25, 0.3) is 0 Å². The van der Waals surface area contributed by atoms with Crippen LogP contribution in [0.4, 0.5) is 0 Å². The quantitative estimate of drug-likeness (QED) is 0.299. The van der Waals surface area contributed by atoms with Gasteiger partial charge in [-0.3, -0.25) is 4.98 Å². The fourth-order valence-corrected chi connectivity index (χ4v) is 4.68. The first-order valence-electron chi connectivity index (χ1n) is 10.9. The van der Waals surface area contributed by atoms with Crippen molar-refractivity contribution in [2.24, 2.45) is 0 Å². The van der Waals surface area contributed by atoms with E-state index in [4.69, 9.17) is 0 Å². The molecule has 3 heteroatoms. The molecule has 0 saturated carbocycles. The van der Waals surface area contributed by atoms with Gasteiger partial charge < -0.3 is 4.57 Å². The van der Waals surface area contributed by atoms with E-state index in [0.717, 1.165) is 27.9 Å². The molecule has 0 amide bonds. The molecule has 0 radical (unpaired) electrons. The van der Waals surface area contributed by atoms with Gasteiger partial charge in [0.2, 0.25) is 0 Å². The van der Waals surface area contributed by atoms with Gasteiger partial charge in [0.15, 0.2) is 0 Å². The molecule has 0 aliphatic heterocycles. The summed E-state index contributed by atoms with van der Waals surface area (Å²) in [6.45, 7) is 0. The predicted molar refractivity (Wildman–Crippen MR) is 134 cm³/mol. The monoisotopic (exact) mass is 421 g/mol. The third kappa shape index (κ3) is 3.09. The number of rotatable bonds is 3. The molecular formula is C30H19N3. The van der Waals surface area contributed by atoms with E-state index in [0.29, 0.717) is 5.56 Å². The standard InChI is InChI=1S/C30H19N3/c31-19-23-20-32-17-16-24(23)21-8-7-9-22(18-21)25-10-1-4-13-28(25)33-29-14-5-2-11-26(29)27-12-3-6-15-30(27)33/h1-18,20H. The molecular weight excluding hydrogens is 402 g/mol.